The quantitative estimate of drug-likeness (QED) is 0.359. The van der Waals surface area contributed by atoms with Crippen LogP contribution in [0.4, 0.5) is 0 Å². The Morgan fingerprint density at radius 1 is 1.00 bits per heavy atom. The summed E-state index contributed by atoms with van der Waals surface area (Å²) in [7, 11) is 1.17. The summed E-state index contributed by atoms with van der Waals surface area (Å²) >= 11 is 0. The molecule has 33 heavy (non-hydrogen) atoms. The Morgan fingerprint density at radius 3 is 2.18 bits per heavy atom. The van der Waals surface area contributed by atoms with Crippen LogP contribution in [0.1, 0.15) is 47.5 Å². The van der Waals surface area contributed by atoms with Crippen LogP contribution in [-0.4, -0.2) is 55.7 Å². The monoisotopic (exact) mass is 464 g/mol. The van der Waals surface area contributed by atoms with Crippen molar-refractivity contribution in [3.8, 4) is 5.75 Å². The highest BCUT2D eigenvalue weighted by Crippen LogP contribution is 2.17. The first-order valence-corrected chi connectivity index (χ1v) is 11.0. The fourth-order valence-electron chi connectivity index (χ4n) is 2.94. The Hall–Kier alpha value is -3.10. The Labute approximate surface area is 195 Å². The van der Waals surface area contributed by atoms with Gasteiger partial charge in [-0.2, -0.15) is 0 Å². The van der Waals surface area contributed by atoms with Crippen molar-refractivity contribution in [2.24, 2.45) is 11.8 Å². The molecule has 0 aromatic heterocycles. The van der Waals surface area contributed by atoms with E-state index >= 15 is 0 Å². The summed E-state index contributed by atoms with van der Waals surface area (Å²) in [6, 6.07) is 8.01. The molecular weight excluding hydrogens is 428 g/mol. The van der Waals surface area contributed by atoms with Crippen LogP contribution in [0, 0.1) is 11.8 Å². The number of carbonyl (C=O) groups is 4. The minimum Gasteiger partial charge on any atom is -0.492 e. The number of rotatable bonds is 12. The zero-order chi connectivity index (χ0) is 25.0. The smallest absolute Gasteiger partial charge is 0.328 e. The van der Waals surface area contributed by atoms with Crippen molar-refractivity contribution in [2.45, 2.75) is 59.1 Å². The van der Waals surface area contributed by atoms with E-state index < -0.39 is 35.4 Å². The third kappa shape index (κ3) is 11.4. The van der Waals surface area contributed by atoms with Crippen molar-refractivity contribution >= 4 is 23.8 Å². The second-order valence-corrected chi connectivity index (χ2v) is 8.94. The summed E-state index contributed by atoms with van der Waals surface area (Å²) in [4.78, 5) is 49.5. The average molecular weight is 465 g/mol. The lowest BCUT2D eigenvalue weighted by molar-refractivity contribution is -0.159. The predicted octanol–water partition coefficient (Wildman–Crippen LogP) is 2.23. The molecule has 0 fully saturated rings. The van der Waals surface area contributed by atoms with Gasteiger partial charge in [-0.1, -0.05) is 32.0 Å². The maximum Gasteiger partial charge on any atom is 0.328 e. The number of esters is 2. The van der Waals surface area contributed by atoms with Gasteiger partial charge in [0.1, 0.15) is 24.0 Å². The molecular formula is C24H36N2O7. The summed E-state index contributed by atoms with van der Waals surface area (Å²) in [5.74, 6) is -2.43. The van der Waals surface area contributed by atoms with Crippen LogP contribution in [0.25, 0.3) is 0 Å². The number of para-hydroxylation sites is 1. The van der Waals surface area contributed by atoms with E-state index in [1.807, 2.05) is 30.3 Å². The van der Waals surface area contributed by atoms with E-state index in [-0.39, 0.29) is 37.8 Å². The summed E-state index contributed by atoms with van der Waals surface area (Å²) in [5.41, 5.74) is -0.732. The number of methoxy groups -OCH3 is 1. The highest BCUT2D eigenvalue weighted by Gasteiger charge is 2.32. The molecule has 2 atom stereocenters. The van der Waals surface area contributed by atoms with Crippen molar-refractivity contribution < 1.29 is 33.4 Å². The van der Waals surface area contributed by atoms with Crippen molar-refractivity contribution in [2.75, 3.05) is 20.3 Å². The molecule has 184 valence electrons. The Bertz CT molecular complexity index is 788. The molecule has 0 aliphatic carbocycles. The van der Waals surface area contributed by atoms with E-state index in [1.54, 1.807) is 34.6 Å². The molecule has 0 aliphatic heterocycles. The van der Waals surface area contributed by atoms with Gasteiger partial charge in [-0.15, -0.1) is 0 Å². The standard InChI is InChI=1S/C24H36N2O7/c1-16(2)18(14-20(27)25-12-13-32-17-10-8-7-9-11-17)22(29)26-19(23(30)31-6)15-21(28)33-24(3,4)5/h7-11,16,18-19H,12-15H2,1-6H3,(H,25,27)(H,26,29). The van der Waals surface area contributed by atoms with Crippen LogP contribution in [0.15, 0.2) is 30.3 Å². The summed E-state index contributed by atoms with van der Waals surface area (Å²) in [6.07, 6.45) is -0.446. The number of hydrogen-bond acceptors (Lipinski definition) is 7. The molecule has 2 amide bonds. The molecule has 0 bridgehead atoms. The lowest BCUT2D eigenvalue weighted by atomic mass is 9.91. The molecule has 0 spiro atoms. The number of ether oxygens (including phenoxy) is 3. The van der Waals surface area contributed by atoms with E-state index in [2.05, 4.69) is 10.6 Å². The third-order valence-corrected chi connectivity index (χ3v) is 4.58. The topological polar surface area (TPSA) is 120 Å². The first-order valence-electron chi connectivity index (χ1n) is 11.0. The molecule has 0 radical (unpaired) electrons. The highest BCUT2D eigenvalue weighted by molar-refractivity contribution is 5.91. The molecule has 0 heterocycles. The number of benzene rings is 1. The van der Waals surface area contributed by atoms with Crippen molar-refractivity contribution in [1.29, 1.82) is 0 Å². The van der Waals surface area contributed by atoms with E-state index in [4.69, 9.17) is 14.2 Å². The normalized spacial score (nSPS) is 12.9. The van der Waals surface area contributed by atoms with Crippen LogP contribution < -0.4 is 15.4 Å². The lowest BCUT2D eigenvalue weighted by Gasteiger charge is -2.24. The van der Waals surface area contributed by atoms with Crippen molar-refractivity contribution in [3.05, 3.63) is 30.3 Å². The van der Waals surface area contributed by atoms with Gasteiger partial charge in [0.15, 0.2) is 0 Å². The molecule has 2 N–H and O–H groups in total. The van der Waals surface area contributed by atoms with E-state index in [0.717, 1.165) is 0 Å². The minimum atomic E-state index is -1.21. The molecule has 0 aliphatic rings. The first-order chi connectivity index (χ1) is 15.4. The molecule has 1 aromatic carbocycles. The molecule has 9 heteroatoms. The minimum absolute atomic E-state index is 0.0742. The maximum atomic E-state index is 12.9. The zero-order valence-electron chi connectivity index (χ0n) is 20.3. The lowest BCUT2D eigenvalue weighted by Crippen LogP contribution is -2.47. The number of nitrogens with one attached hydrogen (secondary N) is 2. The molecule has 1 rings (SSSR count). The Kier molecular flexibility index (Phi) is 11.4. The Morgan fingerprint density at radius 2 is 1.64 bits per heavy atom. The maximum absolute atomic E-state index is 12.9. The summed E-state index contributed by atoms with van der Waals surface area (Å²) < 4.78 is 15.5. The van der Waals surface area contributed by atoms with E-state index in [1.165, 1.54) is 7.11 Å². The SMILES string of the molecule is COC(=O)C(CC(=O)OC(C)(C)C)NC(=O)C(CC(=O)NCCOc1ccccc1)C(C)C. The predicted molar refractivity (Wildman–Crippen MR) is 122 cm³/mol. The van der Waals surface area contributed by atoms with Crippen LogP contribution in [0.5, 0.6) is 5.75 Å². The molecule has 0 saturated carbocycles. The zero-order valence-corrected chi connectivity index (χ0v) is 20.3. The molecule has 0 saturated heterocycles. The summed E-state index contributed by atoms with van der Waals surface area (Å²) in [5, 5.41) is 5.27. The largest absolute Gasteiger partial charge is 0.492 e. The number of carbonyl (C=O) groups excluding carboxylic acids is 4. The van der Waals surface area contributed by atoms with Gasteiger partial charge in [0, 0.05) is 12.3 Å². The first kappa shape index (κ1) is 27.9. The van der Waals surface area contributed by atoms with Gasteiger partial charge in [-0.05, 0) is 38.8 Å². The van der Waals surface area contributed by atoms with Gasteiger partial charge < -0.3 is 24.8 Å². The Balaban J connectivity index is 2.63. The molecule has 9 nitrogen and oxygen atoms in total. The van der Waals surface area contributed by atoms with E-state index in [9.17, 15) is 19.2 Å². The van der Waals surface area contributed by atoms with Gasteiger partial charge in [0.2, 0.25) is 11.8 Å². The second kappa shape index (κ2) is 13.4. The van der Waals surface area contributed by atoms with Gasteiger partial charge >= 0.3 is 11.9 Å². The van der Waals surface area contributed by atoms with Gasteiger partial charge in [-0.3, -0.25) is 14.4 Å². The molecule has 2 unspecified atom stereocenters. The van der Waals surface area contributed by atoms with Crippen LogP contribution in [-0.2, 0) is 28.7 Å². The van der Waals surface area contributed by atoms with Gasteiger partial charge in [-0.25, -0.2) is 4.79 Å². The fourth-order valence-corrected chi connectivity index (χ4v) is 2.94. The number of amides is 2. The van der Waals surface area contributed by atoms with Gasteiger partial charge in [0.05, 0.1) is 20.1 Å². The average Bonchev–Trinajstić information content (AvgIpc) is 2.73. The fraction of sp³-hybridized carbons (Fsp3) is 0.583. The van der Waals surface area contributed by atoms with Crippen LogP contribution in [0.3, 0.4) is 0 Å². The van der Waals surface area contributed by atoms with Crippen molar-refractivity contribution in [3.63, 3.8) is 0 Å². The molecule has 1 aromatic rings. The number of hydrogen-bond donors (Lipinski definition) is 2. The highest BCUT2D eigenvalue weighted by atomic mass is 16.6. The van der Waals surface area contributed by atoms with Gasteiger partial charge in [0.25, 0.3) is 0 Å². The van der Waals surface area contributed by atoms with Crippen molar-refractivity contribution in [1.82, 2.24) is 10.6 Å². The third-order valence-electron chi connectivity index (χ3n) is 4.58. The summed E-state index contributed by atoms with van der Waals surface area (Å²) in [6.45, 7) is 9.28. The van der Waals surface area contributed by atoms with Crippen LogP contribution in [0.2, 0.25) is 0 Å². The van der Waals surface area contributed by atoms with E-state index in [0.29, 0.717) is 5.75 Å². The van der Waals surface area contributed by atoms with Crippen LogP contribution >= 0.6 is 0 Å². The second-order valence-electron chi connectivity index (χ2n) is 8.94.